The normalized spacial score (nSPS) is 17.2. The number of rotatable bonds is 9. The molecule has 4 aromatic rings. The van der Waals surface area contributed by atoms with E-state index in [1.165, 1.54) is 28.2 Å². The van der Waals surface area contributed by atoms with E-state index < -0.39 is 23.6 Å². The highest BCUT2D eigenvalue weighted by atomic mass is 19.4. The topological polar surface area (TPSA) is 70.2 Å². The first kappa shape index (κ1) is 35.6. The molecule has 0 N–H and O–H groups in total. The summed E-state index contributed by atoms with van der Waals surface area (Å²) in [7, 11) is 0. The first-order valence-electron chi connectivity index (χ1n) is 17.1. The van der Waals surface area contributed by atoms with Gasteiger partial charge in [-0.15, -0.1) is 0 Å². The summed E-state index contributed by atoms with van der Waals surface area (Å²) in [6.45, 7) is 6.03. The van der Waals surface area contributed by atoms with Gasteiger partial charge in [0.2, 0.25) is 5.91 Å². The predicted octanol–water partition coefficient (Wildman–Crippen LogP) is 7.61. The molecular weight excluding hydrogens is 655 g/mol. The number of hydrogen-bond acceptors (Lipinski definition) is 5. The second-order valence-corrected chi connectivity index (χ2v) is 12.8. The molecule has 0 radical (unpaired) electrons. The van der Waals surface area contributed by atoms with E-state index in [1.54, 1.807) is 32.0 Å². The van der Waals surface area contributed by atoms with Crippen LogP contribution in [0.25, 0.3) is 0 Å². The highest BCUT2D eigenvalue weighted by Crippen LogP contribution is 2.39. The molecule has 0 bridgehead atoms. The second kappa shape index (κ2) is 15.3. The molecule has 2 heterocycles. The molecule has 264 valence electrons. The Morgan fingerprint density at radius 2 is 1.43 bits per heavy atom. The Labute approximate surface area is 295 Å². The monoisotopic (exact) mass is 695 g/mol. The summed E-state index contributed by atoms with van der Waals surface area (Å²) in [5.74, 6) is -1.77. The Bertz CT molecular complexity index is 1850. The van der Waals surface area contributed by atoms with Crippen LogP contribution in [0.4, 0.5) is 13.2 Å². The number of ether oxygens (including phenoxy) is 1. The number of benzene rings is 4. The maximum atomic E-state index is 13.8. The molecule has 0 unspecified atom stereocenters. The third-order valence-electron chi connectivity index (χ3n) is 9.67. The van der Waals surface area contributed by atoms with Crippen LogP contribution in [0.5, 0.6) is 0 Å². The van der Waals surface area contributed by atoms with Crippen LogP contribution in [-0.2, 0) is 27.0 Å². The van der Waals surface area contributed by atoms with Crippen LogP contribution in [0.15, 0.2) is 120 Å². The standard InChI is InChI=1S/C41H40F3N3O4/c1-3-51-40(50)37-28(2)47(36(48)26-35(37)30-17-19-34(20-18-30)41(42,43)44)27-29-11-10-16-33(25-29)39(49)46-23-21-45(22-24-46)38(31-12-6-4-7-13-31)32-14-8-5-9-15-32/h4-20,25,35,38H,3,21-24,26-27H2,1-2H3/t35-/m1/s1. The largest absolute Gasteiger partial charge is 0.463 e. The van der Waals surface area contributed by atoms with Crippen LogP contribution in [0.1, 0.15) is 70.4 Å². The van der Waals surface area contributed by atoms with Gasteiger partial charge in [0, 0.05) is 49.8 Å². The zero-order valence-electron chi connectivity index (χ0n) is 28.6. The zero-order valence-corrected chi connectivity index (χ0v) is 28.6. The van der Waals surface area contributed by atoms with E-state index >= 15 is 0 Å². The van der Waals surface area contributed by atoms with Crippen LogP contribution < -0.4 is 0 Å². The number of allylic oxidation sites excluding steroid dienone is 1. The molecule has 7 nitrogen and oxygen atoms in total. The summed E-state index contributed by atoms with van der Waals surface area (Å²) in [5, 5.41) is 0. The van der Waals surface area contributed by atoms with Crippen molar-refractivity contribution in [1.82, 2.24) is 14.7 Å². The maximum Gasteiger partial charge on any atom is 0.416 e. The Kier molecular flexibility index (Phi) is 10.7. The lowest BCUT2D eigenvalue weighted by Crippen LogP contribution is -2.49. The SMILES string of the molecule is CCOC(=O)C1=C(C)N(Cc2cccc(C(=O)N3CCN(C(c4ccccc4)c4ccccc4)CC3)c2)C(=O)C[C@@H]1c1ccc(C(F)(F)F)cc1. The van der Waals surface area contributed by atoms with Crippen LogP contribution in [-0.4, -0.2) is 65.3 Å². The summed E-state index contributed by atoms with van der Waals surface area (Å²) in [6, 6.07) is 32.5. The van der Waals surface area contributed by atoms with Crippen LogP contribution in [0.3, 0.4) is 0 Å². The highest BCUT2D eigenvalue weighted by molar-refractivity contribution is 5.96. The number of hydrogen-bond donors (Lipinski definition) is 0. The van der Waals surface area contributed by atoms with Crippen LogP contribution in [0, 0.1) is 0 Å². The fourth-order valence-corrected chi connectivity index (χ4v) is 7.10. The van der Waals surface area contributed by atoms with Crippen molar-refractivity contribution in [2.45, 2.75) is 44.9 Å². The number of amides is 2. The van der Waals surface area contributed by atoms with Crippen LogP contribution in [0.2, 0.25) is 0 Å². The van der Waals surface area contributed by atoms with E-state index in [1.807, 2.05) is 47.4 Å². The molecule has 4 aromatic carbocycles. The smallest absolute Gasteiger partial charge is 0.416 e. The summed E-state index contributed by atoms with van der Waals surface area (Å²) in [6.07, 6.45) is -4.63. The van der Waals surface area contributed by atoms with Gasteiger partial charge in [-0.2, -0.15) is 13.2 Å². The Balaban J connectivity index is 1.18. The van der Waals surface area contributed by atoms with Crippen molar-refractivity contribution in [3.05, 3.63) is 154 Å². The Morgan fingerprint density at radius 1 is 0.824 bits per heavy atom. The number of alkyl halides is 3. The number of esters is 1. The first-order valence-corrected chi connectivity index (χ1v) is 17.1. The van der Waals surface area contributed by atoms with Crippen molar-refractivity contribution in [2.24, 2.45) is 0 Å². The predicted molar refractivity (Wildman–Crippen MR) is 187 cm³/mol. The number of carbonyl (C=O) groups is 3. The van der Waals surface area contributed by atoms with Gasteiger partial charge in [-0.3, -0.25) is 14.5 Å². The molecule has 1 atom stereocenters. The molecule has 6 rings (SSSR count). The van der Waals surface area contributed by atoms with Gasteiger partial charge in [0.05, 0.1) is 30.3 Å². The van der Waals surface area contributed by atoms with Gasteiger partial charge >= 0.3 is 12.1 Å². The fourth-order valence-electron chi connectivity index (χ4n) is 7.10. The van der Waals surface area contributed by atoms with E-state index in [-0.39, 0.29) is 43.0 Å². The van der Waals surface area contributed by atoms with Crippen molar-refractivity contribution in [3.63, 3.8) is 0 Å². The van der Waals surface area contributed by atoms with E-state index in [0.29, 0.717) is 48.6 Å². The Hall–Kier alpha value is -5.22. The molecule has 51 heavy (non-hydrogen) atoms. The molecule has 10 heteroatoms. The summed E-state index contributed by atoms with van der Waals surface area (Å²) in [5.41, 5.74) is 3.81. The molecule has 2 amide bonds. The molecule has 1 fully saturated rings. The molecule has 0 spiro atoms. The molecule has 2 aliphatic heterocycles. The van der Waals surface area contributed by atoms with Gasteiger partial charge in [-0.05, 0) is 60.4 Å². The fraction of sp³-hybridized carbons (Fsp3) is 0.293. The van der Waals surface area contributed by atoms with E-state index in [2.05, 4.69) is 29.2 Å². The molecule has 1 saturated heterocycles. The van der Waals surface area contributed by atoms with E-state index in [4.69, 9.17) is 4.74 Å². The van der Waals surface area contributed by atoms with E-state index in [0.717, 1.165) is 12.1 Å². The second-order valence-electron chi connectivity index (χ2n) is 12.8. The van der Waals surface area contributed by atoms with Crippen LogP contribution >= 0.6 is 0 Å². The van der Waals surface area contributed by atoms with Gasteiger partial charge in [0.25, 0.3) is 5.91 Å². The number of piperazine rings is 1. The quantitative estimate of drug-likeness (QED) is 0.169. The van der Waals surface area contributed by atoms with Crippen molar-refractivity contribution in [1.29, 1.82) is 0 Å². The minimum absolute atomic E-state index is 0.0738. The molecule has 0 aliphatic carbocycles. The maximum absolute atomic E-state index is 13.8. The number of nitrogens with zero attached hydrogens (tertiary/aromatic N) is 3. The summed E-state index contributed by atoms with van der Waals surface area (Å²) < 4.78 is 45.0. The minimum atomic E-state index is -4.51. The number of carbonyl (C=O) groups excluding carboxylic acids is 3. The van der Waals surface area contributed by atoms with E-state index in [9.17, 15) is 27.6 Å². The van der Waals surface area contributed by atoms with Crippen molar-refractivity contribution in [3.8, 4) is 0 Å². The van der Waals surface area contributed by atoms with Gasteiger partial charge in [-0.1, -0.05) is 84.9 Å². The van der Waals surface area contributed by atoms with Crippen molar-refractivity contribution >= 4 is 17.8 Å². The lowest BCUT2D eigenvalue weighted by atomic mass is 9.83. The summed E-state index contributed by atoms with van der Waals surface area (Å²) in [4.78, 5) is 46.3. The Morgan fingerprint density at radius 3 is 2.00 bits per heavy atom. The molecular formula is C41H40F3N3O4. The molecule has 2 aliphatic rings. The van der Waals surface area contributed by atoms with Gasteiger partial charge in [-0.25, -0.2) is 4.79 Å². The van der Waals surface area contributed by atoms with Crippen molar-refractivity contribution < 1.29 is 32.3 Å². The summed E-state index contributed by atoms with van der Waals surface area (Å²) >= 11 is 0. The third kappa shape index (κ3) is 7.91. The lowest BCUT2D eigenvalue weighted by Gasteiger charge is -2.40. The average molecular weight is 696 g/mol. The first-order chi connectivity index (χ1) is 24.5. The van der Waals surface area contributed by atoms with Gasteiger partial charge in [0.1, 0.15) is 0 Å². The van der Waals surface area contributed by atoms with Crippen molar-refractivity contribution in [2.75, 3.05) is 32.8 Å². The lowest BCUT2D eigenvalue weighted by molar-refractivity contribution is -0.140. The minimum Gasteiger partial charge on any atom is -0.463 e. The zero-order chi connectivity index (χ0) is 36.1. The van der Waals surface area contributed by atoms with Gasteiger partial charge < -0.3 is 14.5 Å². The average Bonchev–Trinajstić information content (AvgIpc) is 3.14. The molecule has 0 aromatic heterocycles. The number of halogens is 3. The highest BCUT2D eigenvalue weighted by Gasteiger charge is 2.38. The molecule has 0 saturated carbocycles. The third-order valence-corrected chi connectivity index (χ3v) is 9.67. The van der Waals surface area contributed by atoms with Gasteiger partial charge in [0.15, 0.2) is 0 Å².